The van der Waals surface area contributed by atoms with Crippen LogP contribution >= 0.6 is 15.9 Å². The second-order valence-electron chi connectivity index (χ2n) is 4.06. The van der Waals surface area contributed by atoms with E-state index in [1.54, 1.807) is 0 Å². The number of nitrogens with two attached hydrogens (primary N) is 1. The lowest BCUT2D eigenvalue weighted by Crippen LogP contribution is -2.14. The summed E-state index contributed by atoms with van der Waals surface area (Å²) >= 11 is 3.28. The van der Waals surface area contributed by atoms with E-state index in [-0.39, 0.29) is 6.04 Å². The molecule has 5 heteroatoms. The molecule has 0 amide bonds. The molecule has 0 aliphatic carbocycles. The Hall–Kier alpha value is -1.07. The SMILES string of the molecule is CCc1cc(CC(N)c2ccc(Br)o2)n(C)n1. The number of rotatable bonds is 4. The summed E-state index contributed by atoms with van der Waals surface area (Å²) in [6, 6.07) is 5.71. The molecule has 0 aliphatic heterocycles. The van der Waals surface area contributed by atoms with Crippen molar-refractivity contribution in [1.82, 2.24) is 9.78 Å². The number of aryl methyl sites for hydroxylation is 2. The van der Waals surface area contributed by atoms with Crippen molar-refractivity contribution in [2.45, 2.75) is 25.8 Å². The highest BCUT2D eigenvalue weighted by atomic mass is 79.9. The molecule has 0 fully saturated rings. The van der Waals surface area contributed by atoms with E-state index in [2.05, 4.69) is 34.0 Å². The summed E-state index contributed by atoms with van der Waals surface area (Å²) in [6.45, 7) is 2.09. The third-order valence-electron chi connectivity index (χ3n) is 2.78. The van der Waals surface area contributed by atoms with Gasteiger partial charge in [0.2, 0.25) is 0 Å². The summed E-state index contributed by atoms with van der Waals surface area (Å²) in [6.07, 6.45) is 1.67. The fourth-order valence-electron chi connectivity index (χ4n) is 1.79. The van der Waals surface area contributed by atoms with Gasteiger partial charge in [-0.15, -0.1) is 0 Å². The summed E-state index contributed by atoms with van der Waals surface area (Å²) in [5, 5.41) is 4.40. The number of halogens is 1. The highest BCUT2D eigenvalue weighted by Gasteiger charge is 2.14. The molecule has 2 aromatic rings. The number of aromatic nitrogens is 2. The van der Waals surface area contributed by atoms with E-state index in [1.807, 2.05) is 23.9 Å². The van der Waals surface area contributed by atoms with E-state index < -0.39 is 0 Å². The molecule has 1 atom stereocenters. The van der Waals surface area contributed by atoms with Gasteiger partial charge in [-0.1, -0.05) is 6.92 Å². The molecule has 0 aliphatic rings. The van der Waals surface area contributed by atoms with Crippen molar-refractivity contribution in [2.75, 3.05) is 0 Å². The molecule has 0 saturated heterocycles. The lowest BCUT2D eigenvalue weighted by Gasteiger charge is -2.08. The number of hydrogen-bond donors (Lipinski definition) is 1. The Bertz CT molecular complexity index is 504. The fraction of sp³-hybridized carbons (Fsp3) is 0.417. The zero-order chi connectivity index (χ0) is 12.4. The number of furan rings is 1. The van der Waals surface area contributed by atoms with Crippen LogP contribution in [0.4, 0.5) is 0 Å². The van der Waals surface area contributed by atoms with Crippen LogP contribution in [-0.4, -0.2) is 9.78 Å². The molecule has 2 N–H and O–H groups in total. The van der Waals surface area contributed by atoms with Gasteiger partial charge >= 0.3 is 0 Å². The second-order valence-corrected chi connectivity index (χ2v) is 4.84. The van der Waals surface area contributed by atoms with Crippen LogP contribution in [0.15, 0.2) is 27.3 Å². The van der Waals surface area contributed by atoms with Crippen LogP contribution in [0.25, 0.3) is 0 Å². The van der Waals surface area contributed by atoms with Crippen molar-refractivity contribution >= 4 is 15.9 Å². The van der Waals surface area contributed by atoms with Crippen LogP contribution in [0.1, 0.15) is 30.1 Å². The monoisotopic (exact) mass is 297 g/mol. The molecule has 0 saturated carbocycles. The number of hydrogen-bond acceptors (Lipinski definition) is 3. The van der Waals surface area contributed by atoms with Crippen molar-refractivity contribution in [3.05, 3.63) is 40.0 Å². The Kier molecular flexibility index (Phi) is 3.69. The first-order valence-corrected chi connectivity index (χ1v) is 6.42. The van der Waals surface area contributed by atoms with E-state index >= 15 is 0 Å². The van der Waals surface area contributed by atoms with Crippen LogP contribution in [0.2, 0.25) is 0 Å². The first-order valence-electron chi connectivity index (χ1n) is 5.62. The van der Waals surface area contributed by atoms with Crippen LogP contribution in [-0.2, 0) is 19.9 Å². The maximum Gasteiger partial charge on any atom is 0.169 e. The van der Waals surface area contributed by atoms with Gasteiger partial charge in [-0.05, 0) is 40.5 Å². The molecule has 0 radical (unpaired) electrons. The van der Waals surface area contributed by atoms with E-state index in [1.165, 1.54) is 0 Å². The molecule has 4 nitrogen and oxygen atoms in total. The predicted molar refractivity (Wildman–Crippen MR) is 69.6 cm³/mol. The molecule has 0 aromatic carbocycles. The second kappa shape index (κ2) is 5.06. The van der Waals surface area contributed by atoms with Gasteiger partial charge in [-0.25, -0.2) is 0 Å². The summed E-state index contributed by atoms with van der Waals surface area (Å²) in [5.74, 6) is 0.788. The Labute approximate surface area is 109 Å². The normalized spacial score (nSPS) is 12.9. The Morgan fingerprint density at radius 3 is 2.82 bits per heavy atom. The predicted octanol–water partition coefficient (Wildman–Crippen LogP) is 2.58. The molecule has 1 unspecified atom stereocenters. The van der Waals surface area contributed by atoms with Crippen LogP contribution in [0, 0.1) is 0 Å². The zero-order valence-corrected chi connectivity index (χ0v) is 11.6. The molecule has 92 valence electrons. The van der Waals surface area contributed by atoms with Gasteiger partial charge < -0.3 is 10.2 Å². The average Bonchev–Trinajstić information content (AvgIpc) is 2.86. The van der Waals surface area contributed by atoms with Gasteiger partial charge in [0.25, 0.3) is 0 Å². The van der Waals surface area contributed by atoms with E-state index in [0.717, 1.165) is 30.0 Å². The smallest absolute Gasteiger partial charge is 0.169 e. The van der Waals surface area contributed by atoms with E-state index in [4.69, 9.17) is 10.2 Å². The third-order valence-corrected chi connectivity index (χ3v) is 3.20. The Morgan fingerprint density at radius 1 is 1.53 bits per heavy atom. The van der Waals surface area contributed by atoms with Crippen LogP contribution in [0.3, 0.4) is 0 Å². The topological polar surface area (TPSA) is 57.0 Å². The van der Waals surface area contributed by atoms with Gasteiger partial charge in [-0.2, -0.15) is 5.10 Å². The average molecular weight is 298 g/mol. The van der Waals surface area contributed by atoms with Crippen molar-refractivity contribution in [3.63, 3.8) is 0 Å². The minimum atomic E-state index is -0.138. The highest BCUT2D eigenvalue weighted by molar-refractivity contribution is 9.10. The molecule has 0 spiro atoms. The lowest BCUT2D eigenvalue weighted by molar-refractivity contribution is 0.443. The summed E-state index contributed by atoms with van der Waals surface area (Å²) < 4.78 is 8.05. The fourth-order valence-corrected chi connectivity index (χ4v) is 2.11. The molecule has 2 rings (SSSR count). The standard InChI is InChI=1S/C12H16BrN3O/c1-3-8-6-9(16(2)15-8)7-10(14)11-4-5-12(13)17-11/h4-6,10H,3,7,14H2,1-2H3. The van der Waals surface area contributed by atoms with Gasteiger partial charge in [-0.3, -0.25) is 4.68 Å². The quantitative estimate of drug-likeness (QED) is 0.944. The molecule has 2 aromatic heterocycles. The van der Waals surface area contributed by atoms with Crippen molar-refractivity contribution < 1.29 is 4.42 Å². The van der Waals surface area contributed by atoms with Gasteiger partial charge in [0.1, 0.15) is 5.76 Å². The van der Waals surface area contributed by atoms with E-state index in [0.29, 0.717) is 4.67 Å². The molecule has 17 heavy (non-hydrogen) atoms. The van der Waals surface area contributed by atoms with Gasteiger partial charge in [0.05, 0.1) is 11.7 Å². The number of nitrogens with zero attached hydrogens (tertiary/aromatic N) is 2. The van der Waals surface area contributed by atoms with E-state index in [9.17, 15) is 0 Å². The van der Waals surface area contributed by atoms with Crippen LogP contribution < -0.4 is 5.73 Å². The van der Waals surface area contributed by atoms with Crippen molar-refractivity contribution in [1.29, 1.82) is 0 Å². The summed E-state index contributed by atoms with van der Waals surface area (Å²) in [4.78, 5) is 0. The van der Waals surface area contributed by atoms with Crippen LogP contribution in [0.5, 0.6) is 0 Å². The molecule has 0 bridgehead atoms. The summed E-state index contributed by atoms with van der Waals surface area (Å²) in [5.41, 5.74) is 8.32. The largest absolute Gasteiger partial charge is 0.453 e. The maximum absolute atomic E-state index is 6.10. The molecular formula is C12H16BrN3O. The first kappa shape index (κ1) is 12.4. The van der Waals surface area contributed by atoms with Crippen molar-refractivity contribution in [2.24, 2.45) is 12.8 Å². The third kappa shape index (κ3) is 2.79. The lowest BCUT2D eigenvalue weighted by atomic mass is 10.1. The molecule has 2 heterocycles. The first-order chi connectivity index (χ1) is 8.10. The highest BCUT2D eigenvalue weighted by Crippen LogP contribution is 2.21. The zero-order valence-electron chi connectivity index (χ0n) is 9.98. The van der Waals surface area contributed by atoms with Gasteiger partial charge in [0, 0.05) is 19.2 Å². The Morgan fingerprint density at radius 2 is 2.29 bits per heavy atom. The molecular weight excluding hydrogens is 282 g/mol. The minimum Gasteiger partial charge on any atom is -0.453 e. The Balaban J connectivity index is 2.12. The van der Waals surface area contributed by atoms with Crippen molar-refractivity contribution in [3.8, 4) is 0 Å². The van der Waals surface area contributed by atoms with Gasteiger partial charge in [0.15, 0.2) is 4.67 Å². The summed E-state index contributed by atoms with van der Waals surface area (Å²) in [7, 11) is 1.94. The minimum absolute atomic E-state index is 0.138. The maximum atomic E-state index is 6.10.